The molecule has 0 amide bonds. The Bertz CT molecular complexity index is 1180. The van der Waals surface area contributed by atoms with Gasteiger partial charge in [-0.1, -0.05) is 114 Å². The average molecular weight is 545 g/mol. The van der Waals surface area contributed by atoms with Gasteiger partial charge in [-0.25, -0.2) is 4.98 Å². The summed E-state index contributed by atoms with van der Waals surface area (Å²) in [6.45, 7) is 18.8. The lowest BCUT2D eigenvalue weighted by molar-refractivity contribution is 0.113. The molecular formula is C32H44N2O2Si2. The first-order valence-electron chi connectivity index (χ1n) is 13.4. The van der Waals surface area contributed by atoms with Crippen LogP contribution in [0.15, 0.2) is 79.0 Å². The maximum atomic E-state index is 7.24. The van der Waals surface area contributed by atoms with Crippen molar-refractivity contribution in [2.45, 2.75) is 77.2 Å². The highest BCUT2D eigenvalue weighted by Crippen LogP contribution is 2.39. The quantitative estimate of drug-likeness (QED) is 0.264. The predicted octanol–water partition coefficient (Wildman–Crippen LogP) is 6.37. The second-order valence-electron chi connectivity index (χ2n) is 12.5. The van der Waals surface area contributed by atoms with Crippen LogP contribution < -0.4 is 16.1 Å². The molecule has 0 radical (unpaired) electrons. The first kappa shape index (κ1) is 29.9. The first-order chi connectivity index (χ1) is 17.8. The van der Waals surface area contributed by atoms with Crippen LogP contribution >= 0.6 is 0 Å². The van der Waals surface area contributed by atoms with Gasteiger partial charge in [-0.15, -0.1) is 0 Å². The molecule has 3 aromatic rings. The van der Waals surface area contributed by atoms with Gasteiger partial charge in [-0.05, 0) is 45.7 Å². The fraction of sp³-hybridized carbons (Fsp3) is 0.406. The van der Waals surface area contributed by atoms with E-state index >= 15 is 0 Å². The van der Waals surface area contributed by atoms with Crippen LogP contribution in [0.3, 0.4) is 0 Å². The Kier molecular flexibility index (Phi) is 9.43. The molecule has 0 aliphatic heterocycles. The van der Waals surface area contributed by atoms with Crippen molar-refractivity contribution < 1.29 is 8.85 Å². The smallest absolute Gasteiger partial charge is 0.261 e. The molecule has 2 aromatic carbocycles. The summed E-state index contributed by atoms with van der Waals surface area (Å²) in [5, 5.41) is 2.52. The summed E-state index contributed by atoms with van der Waals surface area (Å²) >= 11 is 0. The summed E-state index contributed by atoms with van der Waals surface area (Å²) in [7, 11) is -4.75. The van der Waals surface area contributed by atoms with Crippen LogP contribution in [0.25, 0.3) is 0 Å². The molecule has 0 saturated carbocycles. The van der Waals surface area contributed by atoms with Crippen LogP contribution in [0.1, 0.15) is 53.5 Å². The highest BCUT2D eigenvalue weighted by atomic mass is 28.4. The second-order valence-corrected chi connectivity index (χ2v) is 21.5. The summed E-state index contributed by atoms with van der Waals surface area (Å²) in [5.41, 5.74) is 6.58. The molecule has 1 aromatic heterocycles. The van der Waals surface area contributed by atoms with Gasteiger partial charge in [0.25, 0.3) is 8.32 Å². The van der Waals surface area contributed by atoms with Gasteiger partial charge in [0, 0.05) is 18.2 Å². The van der Waals surface area contributed by atoms with Crippen molar-refractivity contribution >= 4 is 32.8 Å². The molecular weight excluding hydrogens is 501 g/mol. The third-order valence-corrected chi connectivity index (χ3v) is 17.1. The monoisotopic (exact) mass is 544 g/mol. The number of benzene rings is 2. The molecule has 0 unspecified atom stereocenters. The van der Waals surface area contributed by atoms with E-state index in [9.17, 15) is 0 Å². The summed E-state index contributed by atoms with van der Waals surface area (Å²) < 4.78 is 14.2. The van der Waals surface area contributed by atoms with Gasteiger partial charge < -0.3 is 14.6 Å². The molecule has 0 aliphatic rings. The van der Waals surface area contributed by atoms with Crippen molar-refractivity contribution in [2.75, 3.05) is 12.3 Å². The summed E-state index contributed by atoms with van der Waals surface area (Å²) in [5.74, 6) is 7.09. The summed E-state index contributed by atoms with van der Waals surface area (Å²) in [6.07, 6.45) is 2.15. The van der Waals surface area contributed by atoms with Crippen molar-refractivity contribution in [3.63, 3.8) is 0 Å². The Balaban J connectivity index is 2.00. The third kappa shape index (κ3) is 7.03. The third-order valence-electron chi connectivity index (χ3n) is 7.52. The Labute approximate surface area is 232 Å². The number of nitrogens with two attached hydrogens (primary N) is 1. The molecule has 2 N–H and O–H groups in total. The molecule has 6 heteroatoms. The molecule has 4 nitrogen and oxygen atoms in total. The topological polar surface area (TPSA) is 57.4 Å². The maximum Gasteiger partial charge on any atom is 0.261 e. The van der Waals surface area contributed by atoms with Crippen molar-refractivity contribution in [3.8, 4) is 11.8 Å². The molecule has 38 heavy (non-hydrogen) atoms. The van der Waals surface area contributed by atoms with Crippen LogP contribution in [0.2, 0.25) is 23.2 Å². The van der Waals surface area contributed by atoms with Gasteiger partial charge in [-0.2, -0.15) is 0 Å². The molecule has 0 saturated heterocycles. The number of aromatic nitrogens is 1. The van der Waals surface area contributed by atoms with Gasteiger partial charge in [0.1, 0.15) is 5.82 Å². The fourth-order valence-corrected chi connectivity index (χ4v) is 10.4. The first-order valence-corrected chi connectivity index (χ1v) is 18.2. The molecule has 1 atom stereocenters. The Morgan fingerprint density at radius 3 is 1.82 bits per heavy atom. The number of hydrogen-bond acceptors (Lipinski definition) is 4. The minimum absolute atomic E-state index is 0.0803. The lowest BCUT2D eigenvalue weighted by Crippen LogP contribution is -2.67. The predicted molar refractivity (Wildman–Crippen MR) is 166 cm³/mol. The van der Waals surface area contributed by atoms with Crippen LogP contribution in [-0.4, -0.2) is 34.3 Å². The second kappa shape index (κ2) is 12.0. The SMILES string of the molecule is CC(C)(C)[Si](C)(C)O[C@@H](CC#Cc1ccc(N)nc1)CO[Si](c1ccccc1)(c1ccccc1)C(C)(C)C. The van der Waals surface area contributed by atoms with Gasteiger partial charge in [0.05, 0.1) is 12.7 Å². The van der Waals surface area contributed by atoms with Crippen LogP contribution in [0, 0.1) is 11.8 Å². The van der Waals surface area contributed by atoms with Crippen molar-refractivity contribution in [1.29, 1.82) is 0 Å². The summed E-state index contributed by atoms with van der Waals surface area (Å²) in [4.78, 5) is 4.16. The van der Waals surface area contributed by atoms with E-state index in [4.69, 9.17) is 14.6 Å². The zero-order valence-electron chi connectivity index (χ0n) is 24.3. The minimum atomic E-state index is -2.68. The molecule has 3 rings (SSSR count). The summed E-state index contributed by atoms with van der Waals surface area (Å²) in [6, 6.07) is 25.2. The van der Waals surface area contributed by atoms with E-state index < -0.39 is 16.6 Å². The van der Waals surface area contributed by atoms with Crippen LogP contribution in [0.4, 0.5) is 5.82 Å². The van der Waals surface area contributed by atoms with E-state index in [2.05, 4.69) is 132 Å². The van der Waals surface area contributed by atoms with Crippen LogP contribution in [0.5, 0.6) is 0 Å². The Morgan fingerprint density at radius 1 is 0.816 bits per heavy atom. The van der Waals surface area contributed by atoms with E-state index in [0.29, 0.717) is 18.8 Å². The van der Waals surface area contributed by atoms with Crippen molar-refractivity contribution in [3.05, 3.63) is 84.6 Å². The average Bonchev–Trinajstić information content (AvgIpc) is 2.85. The van der Waals surface area contributed by atoms with Crippen molar-refractivity contribution in [1.82, 2.24) is 4.98 Å². The van der Waals surface area contributed by atoms with Gasteiger partial charge in [-0.3, -0.25) is 0 Å². The standard InChI is InChI=1S/C32H44N2O2Si2/c1-31(2,3)37(7,8)36-27(17-15-16-26-22-23-30(33)34-24-26)25-35-38(32(4,5)6,28-18-11-9-12-19-28)29-20-13-10-14-21-29/h9-14,18-24,27H,17,25H2,1-8H3,(H2,33,34)/t27-/m0/s1. The van der Waals surface area contributed by atoms with Gasteiger partial charge in [0.2, 0.25) is 0 Å². The molecule has 0 aliphatic carbocycles. The zero-order chi connectivity index (χ0) is 28.0. The van der Waals surface area contributed by atoms with Crippen LogP contribution in [-0.2, 0) is 8.85 Å². The number of nitrogen functional groups attached to an aromatic ring is 1. The van der Waals surface area contributed by atoms with E-state index in [1.807, 2.05) is 6.07 Å². The molecule has 0 bridgehead atoms. The lowest BCUT2D eigenvalue weighted by Gasteiger charge is -2.45. The van der Waals surface area contributed by atoms with E-state index in [0.717, 1.165) is 5.56 Å². The number of nitrogens with zero attached hydrogens (tertiary/aromatic N) is 1. The molecule has 202 valence electrons. The number of anilines is 1. The Hall–Kier alpha value is -2.70. The lowest BCUT2D eigenvalue weighted by atomic mass is 10.2. The zero-order valence-corrected chi connectivity index (χ0v) is 26.3. The number of rotatable bonds is 8. The molecule has 0 spiro atoms. The van der Waals surface area contributed by atoms with Gasteiger partial charge >= 0.3 is 0 Å². The normalized spacial score (nSPS) is 13.5. The van der Waals surface area contributed by atoms with Crippen molar-refractivity contribution in [2.24, 2.45) is 0 Å². The highest BCUT2D eigenvalue weighted by Gasteiger charge is 2.50. The van der Waals surface area contributed by atoms with E-state index in [-0.39, 0.29) is 16.2 Å². The van der Waals surface area contributed by atoms with E-state index in [1.54, 1.807) is 12.3 Å². The largest absolute Gasteiger partial charge is 0.411 e. The highest BCUT2D eigenvalue weighted by molar-refractivity contribution is 6.99. The fourth-order valence-electron chi connectivity index (χ4n) is 4.45. The maximum absolute atomic E-state index is 7.24. The number of pyridine rings is 1. The molecule has 0 fully saturated rings. The molecule has 1 heterocycles. The Morgan fingerprint density at radius 2 is 1.37 bits per heavy atom. The van der Waals surface area contributed by atoms with E-state index in [1.165, 1.54) is 10.4 Å². The number of hydrogen-bond donors (Lipinski definition) is 1. The van der Waals surface area contributed by atoms with Gasteiger partial charge in [0.15, 0.2) is 8.32 Å². The minimum Gasteiger partial charge on any atom is -0.411 e.